The van der Waals surface area contributed by atoms with E-state index in [1.165, 1.54) is 6.07 Å². The van der Waals surface area contributed by atoms with E-state index in [-0.39, 0.29) is 29.8 Å². The normalized spacial score (nSPS) is 11.2. The summed E-state index contributed by atoms with van der Waals surface area (Å²) in [5.74, 6) is -0.0153. The Labute approximate surface area is 186 Å². The molecule has 3 aromatic rings. The van der Waals surface area contributed by atoms with Gasteiger partial charge in [-0.3, -0.25) is 4.79 Å². The van der Waals surface area contributed by atoms with Crippen molar-refractivity contribution in [2.45, 2.75) is 19.9 Å². The second-order valence-electron chi connectivity index (χ2n) is 6.44. The molecule has 8 heteroatoms. The molecule has 0 fully saturated rings. The lowest BCUT2D eigenvalue weighted by Gasteiger charge is -2.11. The Hall–Kier alpha value is -2.62. The highest BCUT2D eigenvalue weighted by Gasteiger charge is 2.06. The summed E-state index contributed by atoms with van der Waals surface area (Å²) >= 11 is 0. The summed E-state index contributed by atoms with van der Waals surface area (Å²) in [5.41, 5.74) is 8.67. The predicted molar refractivity (Wildman–Crippen MR) is 125 cm³/mol. The number of hydrogen-bond acceptors (Lipinski definition) is 2. The lowest BCUT2D eigenvalue weighted by Crippen LogP contribution is -2.38. The van der Waals surface area contributed by atoms with Crippen LogP contribution in [0.5, 0.6) is 0 Å². The van der Waals surface area contributed by atoms with Gasteiger partial charge in [-0.25, -0.2) is 9.38 Å². The van der Waals surface area contributed by atoms with Crippen LogP contribution < -0.4 is 16.4 Å². The number of aliphatic imine (C=N–C) groups is 1. The quantitative estimate of drug-likeness (QED) is 0.224. The van der Waals surface area contributed by atoms with Gasteiger partial charge in [0, 0.05) is 35.8 Å². The number of nitrogens with zero attached hydrogens (tertiary/aromatic N) is 1. The number of guanidine groups is 1. The predicted octanol–water partition coefficient (Wildman–Crippen LogP) is 3.32. The van der Waals surface area contributed by atoms with E-state index in [0.717, 1.165) is 35.0 Å². The van der Waals surface area contributed by atoms with E-state index < -0.39 is 5.91 Å². The zero-order valence-electron chi connectivity index (χ0n) is 16.2. The van der Waals surface area contributed by atoms with Gasteiger partial charge in [0.05, 0.1) is 6.54 Å². The maximum absolute atomic E-state index is 13.5. The van der Waals surface area contributed by atoms with E-state index in [1.54, 1.807) is 30.3 Å². The minimum Gasteiger partial charge on any atom is -0.366 e. The molecule has 0 aliphatic rings. The van der Waals surface area contributed by atoms with Crippen LogP contribution in [0.1, 0.15) is 28.4 Å². The number of nitrogens with two attached hydrogens (primary N) is 1. The maximum atomic E-state index is 13.5. The summed E-state index contributed by atoms with van der Waals surface area (Å²) < 4.78 is 13.5. The number of carbonyl (C=O) groups is 1. The van der Waals surface area contributed by atoms with Crippen LogP contribution in [0.4, 0.5) is 4.39 Å². The third-order valence-electron chi connectivity index (χ3n) is 4.39. The van der Waals surface area contributed by atoms with Crippen molar-refractivity contribution < 1.29 is 9.18 Å². The van der Waals surface area contributed by atoms with Gasteiger partial charge >= 0.3 is 0 Å². The number of fused-ring (bicyclic) bond motifs is 1. The zero-order valence-corrected chi connectivity index (χ0v) is 18.5. The van der Waals surface area contributed by atoms with Gasteiger partial charge in [-0.2, -0.15) is 0 Å². The highest BCUT2D eigenvalue weighted by Crippen LogP contribution is 2.19. The SMILES string of the molecule is CCNC(=NCc1cccc(C(N)=O)c1)NCCc1c[nH]c2ccc(F)cc12.I. The number of aromatic amines is 1. The van der Waals surface area contributed by atoms with E-state index in [2.05, 4.69) is 20.6 Å². The van der Waals surface area contributed by atoms with Gasteiger partial charge in [-0.05, 0) is 54.8 Å². The molecule has 3 rings (SSSR count). The minimum absolute atomic E-state index is 0. The third kappa shape index (κ3) is 6.18. The number of halogens is 2. The van der Waals surface area contributed by atoms with Gasteiger partial charge in [0.15, 0.2) is 5.96 Å². The van der Waals surface area contributed by atoms with Gasteiger partial charge in [-0.1, -0.05) is 12.1 Å². The Bertz CT molecular complexity index is 1000. The van der Waals surface area contributed by atoms with Crippen LogP contribution in [0.15, 0.2) is 53.7 Å². The summed E-state index contributed by atoms with van der Waals surface area (Å²) in [5, 5.41) is 7.38. The molecule has 5 N–H and O–H groups in total. The molecule has 0 unspecified atom stereocenters. The number of benzene rings is 2. The summed E-state index contributed by atoms with van der Waals surface area (Å²) in [6.45, 7) is 3.80. The first-order chi connectivity index (χ1) is 13.6. The highest BCUT2D eigenvalue weighted by molar-refractivity contribution is 14.0. The molecule has 0 bridgehead atoms. The fourth-order valence-corrected chi connectivity index (χ4v) is 3.01. The van der Waals surface area contributed by atoms with E-state index in [1.807, 2.05) is 19.2 Å². The van der Waals surface area contributed by atoms with Crippen molar-refractivity contribution in [3.05, 3.63) is 71.2 Å². The fourth-order valence-electron chi connectivity index (χ4n) is 3.01. The van der Waals surface area contributed by atoms with Gasteiger partial charge in [-0.15, -0.1) is 24.0 Å². The van der Waals surface area contributed by atoms with E-state index in [4.69, 9.17) is 5.73 Å². The standard InChI is InChI=1S/C21H24FN5O.HI/c1-2-24-21(27-12-14-4-3-5-15(10-14)20(23)28)25-9-8-16-13-26-19-7-6-17(22)11-18(16)19;/h3-7,10-11,13,26H,2,8-9,12H2,1H3,(H2,23,28)(H2,24,25,27);1H. The Morgan fingerprint density at radius 1 is 1.21 bits per heavy atom. The number of nitrogens with one attached hydrogen (secondary N) is 3. The Kier molecular flexibility index (Phi) is 8.44. The molecule has 0 radical (unpaired) electrons. The van der Waals surface area contributed by atoms with Crippen LogP contribution in [0.25, 0.3) is 10.9 Å². The van der Waals surface area contributed by atoms with Crippen molar-refractivity contribution in [3.8, 4) is 0 Å². The molecule has 29 heavy (non-hydrogen) atoms. The zero-order chi connectivity index (χ0) is 19.9. The lowest BCUT2D eigenvalue weighted by molar-refractivity contribution is 0.1000. The van der Waals surface area contributed by atoms with Gasteiger partial charge in [0.1, 0.15) is 5.82 Å². The number of hydrogen-bond donors (Lipinski definition) is 4. The molecule has 154 valence electrons. The molecule has 1 aromatic heterocycles. The van der Waals surface area contributed by atoms with E-state index in [0.29, 0.717) is 24.6 Å². The van der Waals surface area contributed by atoms with Crippen molar-refractivity contribution >= 4 is 46.7 Å². The van der Waals surface area contributed by atoms with Crippen LogP contribution in [0, 0.1) is 5.82 Å². The second kappa shape index (κ2) is 10.8. The largest absolute Gasteiger partial charge is 0.366 e. The topological polar surface area (TPSA) is 95.3 Å². The summed E-state index contributed by atoms with van der Waals surface area (Å²) in [7, 11) is 0. The van der Waals surface area contributed by atoms with Gasteiger partial charge in [0.2, 0.25) is 5.91 Å². The molecular weight excluding hydrogens is 484 g/mol. The molecular formula is C21H25FIN5O. The van der Waals surface area contributed by atoms with E-state index >= 15 is 0 Å². The first-order valence-electron chi connectivity index (χ1n) is 9.23. The van der Waals surface area contributed by atoms with Crippen LogP contribution in [0.2, 0.25) is 0 Å². The van der Waals surface area contributed by atoms with Crippen LogP contribution in [-0.4, -0.2) is 29.9 Å². The molecule has 0 aliphatic heterocycles. The summed E-state index contributed by atoms with van der Waals surface area (Å²) in [6.07, 6.45) is 2.64. The minimum atomic E-state index is -0.453. The van der Waals surface area contributed by atoms with Crippen molar-refractivity contribution in [1.82, 2.24) is 15.6 Å². The molecule has 0 atom stereocenters. The average Bonchev–Trinajstić information content (AvgIpc) is 3.08. The first kappa shape index (κ1) is 22.7. The highest BCUT2D eigenvalue weighted by atomic mass is 127. The van der Waals surface area contributed by atoms with Crippen LogP contribution in [-0.2, 0) is 13.0 Å². The Morgan fingerprint density at radius 3 is 2.79 bits per heavy atom. The summed E-state index contributed by atoms with van der Waals surface area (Å²) in [6, 6.07) is 11.9. The van der Waals surface area contributed by atoms with Gasteiger partial charge in [0.25, 0.3) is 0 Å². The molecule has 0 spiro atoms. The third-order valence-corrected chi connectivity index (χ3v) is 4.39. The van der Waals surface area contributed by atoms with Crippen molar-refractivity contribution in [3.63, 3.8) is 0 Å². The number of rotatable bonds is 7. The number of amides is 1. The van der Waals surface area contributed by atoms with Crippen molar-refractivity contribution in [2.75, 3.05) is 13.1 Å². The number of primary amides is 1. The smallest absolute Gasteiger partial charge is 0.248 e. The van der Waals surface area contributed by atoms with Gasteiger partial charge < -0.3 is 21.4 Å². The lowest BCUT2D eigenvalue weighted by atomic mass is 10.1. The Morgan fingerprint density at radius 2 is 2.03 bits per heavy atom. The average molecular weight is 509 g/mol. The van der Waals surface area contributed by atoms with Crippen molar-refractivity contribution in [2.24, 2.45) is 10.7 Å². The maximum Gasteiger partial charge on any atom is 0.248 e. The number of carbonyl (C=O) groups excluding carboxylic acids is 1. The molecule has 0 saturated carbocycles. The number of aromatic nitrogens is 1. The monoisotopic (exact) mass is 509 g/mol. The Balaban J connectivity index is 0.00000300. The molecule has 6 nitrogen and oxygen atoms in total. The second-order valence-corrected chi connectivity index (χ2v) is 6.44. The summed E-state index contributed by atoms with van der Waals surface area (Å²) in [4.78, 5) is 19.0. The number of H-pyrrole nitrogens is 1. The van der Waals surface area contributed by atoms with E-state index in [9.17, 15) is 9.18 Å². The van der Waals surface area contributed by atoms with Crippen molar-refractivity contribution in [1.29, 1.82) is 0 Å². The fraction of sp³-hybridized carbons (Fsp3) is 0.238. The first-order valence-corrected chi connectivity index (χ1v) is 9.23. The molecule has 2 aromatic carbocycles. The molecule has 0 saturated heterocycles. The van der Waals surface area contributed by atoms with Crippen LogP contribution in [0.3, 0.4) is 0 Å². The molecule has 1 amide bonds. The van der Waals surface area contributed by atoms with Crippen LogP contribution >= 0.6 is 24.0 Å². The molecule has 0 aliphatic carbocycles. The molecule has 1 heterocycles.